The molecule has 1 fully saturated rings. The minimum atomic E-state index is -0.506. The number of nitrogens with one attached hydrogen (secondary N) is 1. The molecule has 1 aliphatic rings. The van der Waals surface area contributed by atoms with Crippen LogP contribution < -0.4 is 25.3 Å². The molecule has 2 heterocycles. The highest BCUT2D eigenvalue weighted by Crippen LogP contribution is 2.36. The van der Waals surface area contributed by atoms with Gasteiger partial charge in [-0.1, -0.05) is 0 Å². The van der Waals surface area contributed by atoms with E-state index in [0.29, 0.717) is 33.8 Å². The Balaban J connectivity index is 1.51. The fraction of sp³-hybridized carbons (Fsp3) is 0.227. The lowest BCUT2D eigenvalue weighted by atomic mass is 10.1. The number of benzene rings is 2. The average Bonchev–Trinajstić information content (AvgIpc) is 3.14. The molecule has 1 atom stereocenters. The van der Waals surface area contributed by atoms with Gasteiger partial charge in [0.15, 0.2) is 0 Å². The zero-order chi connectivity index (χ0) is 21.3. The van der Waals surface area contributed by atoms with Crippen molar-refractivity contribution in [2.24, 2.45) is 5.92 Å². The number of carbonyl (C=O) groups excluding carboxylic acids is 2. The molecule has 1 saturated heterocycles. The molecule has 1 unspecified atom stereocenters. The van der Waals surface area contributed by atoms with Crippen molar-refractivity contribution in [1.82, 2.24) is 0 Å². The highest BCUT2D eigenvalue weighted by atomic mass is 16.5. The topological polar surface area (TPSA) is 98.1 Å². The van der Waals surface area contributed by atoms with E-state index in [1.807, 2.05) is 0 Å². The van der Waals surface area contributed by atoms with Gasteiger partial charge in [0, 0.05) is 36.2 Å². The number of amides is 2. The second-order valence-corrected chi connectivity index (χ2v) is 6.94. The summed E-state index contributed by atoms with van der Waals surface area (Å²) in [6.45, 7) is 0.246. The Morgan fingerprint density at radius 2 is 1.90 bits per heavy atom. The van der Waals surface area contributed by atoms with Gasteiger partial charge in [0.2, 0.25) is 11.8 Å². The lowest BCUT2D eigenvalue weighted by molar-refractivity contribution is -0.122. The summed E-state index contributed by atoms with van der Waals surface area (Å²) in [4.78, 5) is 38.2. The van der Waals surface area contributed by atoms with Crippen LogP contribution in [0, 0.1) is 5.92 Å². The molecule has 8 nitrogen and oxygen atoms in total. The quantitative estimate of drug-likeness (QED) is 0.652. The number of hydrogen-bond donors (Lipinski definition) is 1. The number of anilines is 2. The molecule has 30 heavy (non-hydrogen) atoms. The van der Waals surface area contributed by atoms with Crippen molar-refractivity contribution in [3.63, 3.8) is 0 Å². The van der Waals surface area contributed by atoms with Crippen LogP contribution in [-0.4, -0.2) is 32.6 Å². The molecule has 2 amide bonds. The molecule has 0 radical (unpaired) electrons. The van der Waals surface area contributed by atoms with E-state index < -0.39 is 11.5 Å². The van der Waals surface area contributed by atoms with Gasteiger partial charge in [0.25, 0.3) is 0 Å². The van der Waals surface area contributed by atoms with Gasteiger partial charge in [-0.2, -0.15) is 0 Å². The molecule has 3 aromatic rings. The summed E-state index contributed by atoms with van der Waals surface area (Å²) in [7, 11) is 3.07. The number of rotatable bonds is 5. The first-order valence-electron chi connectivity index (χ1n) is 9.35. The summed E-state index contributed by atoms with van der Waals surface area (Å²) in [6.07, 6.45) is 0.101. The number of methoxy groups -OCH3 is 2. The molecule has 8 heteroatoms. The summed E-state index contributed by atoms with van der Waals surface area (Å²) < 4.78 is 15.7. The molecule has 0 bridgehead atoms. The number of nitrogens with zero attached hydrogens (tertiary/aromatic N) is 1. The summed E-state index contributed by atoms with van der Waals surface area (Å²) >= 11 is 0. The smallest absolute Gasteiger partial charge is 0.336 e. The Hall–Kier alpha value is -3.81. The third-order valence-corrected chi connectivity index (χ3v) is 5.06. The molecule has 154 valence electrons. The van der Waals surface area contributed by atoms with E-state index in [2.05, 4.69) is 5.32 Å². The van der Waals surface area contributed by atoms with Crippen molar-refractivity contribution >= 4 is 34.2 Å². The predicted octanol–water partition coefficient (Wildman–Crippen LogP) is 2.80. The van der Waals surface area contributed by atoms with Crippen LogP contribution in [0.2, 0.25) is 0 Å². The Labute approximate surface area is 172 Å². The van der Waals surface area contributed by atoms with Crippen molar-refractivity contribution in [1.29, 1.82) is 0 Å². The average molecular weight is 408 g/mol. The van der Waals surface area contributed by atoms with Crippen LogP contribution >= 0.6 is 0 Å². The molecule has 2 aromatic carbocycles. The zero-order valence-corrected chi connectivity index (χ0v) is 16.5. The largest absolute Gasteiger partial charge is 0.497 e. The molecule has 0 aliphatic carbocycles. The molecule has 4 rings (SSSR count). The number of carbonyl (C=O) groups is 2. The molecule has 0 saturated carbocycles. The van der Waals surface area contributed by atoms with Crippen LogP contribution in [-0.2, 0) is 9.59 Å². The molecule has 0 spiro atoms. The fourth-order valence-corrected chi connectivity index (χ4v) is 3.52. The van der Waals surface area contributed by atoms with Crippen molar-refractivity contribution in [3.8, 4) is 11.5 Å². The van der Waals surface area contributed by atoms with Gasteiger partial charge in [-0.25, -0.2) is 4.79 Å². The first-order chi connectivity index (χ1) is 14.5. The van der Waals surface area contributed by atoms with Gasteiger partial charge < -0.3 is 24.1 Å². The Morgan fingerprint density at radius 1 is 1.07 bits per heavy atom. The maximum Gasteiger partial charge on any atom is 0.336 e. The van der Waals surface area contributed by atoms with Crippen molar-refractivity contribution in [2.45, 2.75) is 6.42 Å². The van der Waals surface area contributed by atoms with Crippen molar-refractivity contribution in [3.05, 3.63) is 59.0 Å². The van der Waals surface area contributed by atoms with Crippen LogP contribution in [0.15, 0.2) is 57.7 Å². The highest BCUT2D eigenvalue weighted by molar-refractivity contribution is 6.04. The predicted molar refractivity (Wildman–Crippen MR) is 111 cm³/mol. The summed E-state index contributed by atoms with van der Waals surface area (Å²) in [5.41, 5.74) is 1.17. The van der Waals surface area contributed by atoms with Crippen LogP contribution in [0.4, 0.5) is 11.4 Å². The SMILES string of the molecule is COc1ccc(N2CC(C(=O)Nc3ccc4oc(=O)ccc4c3)CC2=O)c(OC)c1. The minimum absolute atomic E-state index is 0.101. The highest BCUT2D eigenvalue weighted by Gasteiger charge is 2.36. The number of hydrogen-bond acceptors (Lipinski definition) is 6. The molecule has 1 aromatic heterocycles. The van der Waals surface area contributed by atoms with E-state index in [4.69, 9.17) is 13.9 Å². The fourth-order valence-electron chi connectivity index (χ4n) is 3.52. The second kappa shape index (κ2) is 7.90. The lowest BCUT2D eigenvalue weighted by Crippen LogP contribution is -2.28. The van der Waals surface area contributed by atoms with Gasteiger partial charge >= 0.3 is 5.63 Å². The van der Waals surface area contributed by atoms with Gasteiger partial charge in [-0.3, -0.25) is 9.59 Å². The molecule has 1 N–H and O–H groups in total. The van der Waals surface area contributed by atoms with Gasteiger partial charge in [-0.05, 0) is 36.4 Å². The molecular weight excluding hydrogens is 388 g/mol. The van der Waals surface area contributed by atoms with E-state index in [-0.39, 0.29) is 24.8 Å². The van der Waals surface area contributed by atoms with Gasteiger partial charge in [0.1, 0.15) is 17.1 Å². The molecular formula is C22H20N2O6. The lowest BCUT2D eigenvalue weighted by Gasteiger charge is -2.20. The summed E-state index contributed by atoms with van der Waals surface area (Å²) in [6, 6.07) is 13.1. The Morgan fingerprint density at radius 3 is 2.67 bits per heavy atom. The first kappa shape index (κ1) is 19.5. The summed E-state index contributed by atoms with van der Waals surface area (Å²) in [5.74, 6) is 0.200. The standard InChI is InChI=1S/C22H20N2O6/c1-28-16-5-6-17(19(11-16)29-2)24-12-14(10-20(24)25)22(27)23-15-4-7-18-13(9-15)3-8-21(26)30-18/h3-9,11,14H,10,12H2,1-2H3,(H,23,27). The zero-order valence-electron chi connectivity index (χ0n) is 16.5. The normalized spacial score (nSPS) is 16.0. The van der Waals surface area contributed by atoms with E-state index in [9.17, 15) is 14.4 Å². The number of fused-ring (bicyclic) bond motifs is 1. The van der Waals surface area contributed by atoms with Crippen LogP contribution in [0.25, 0.3) is 11.0 Å². The van der Waals surface area contributed by atoms with E-state index >= 15 is 0 Å². The first-order valence-corrected chi connectivity index (χ1v) is 9.35. The second-order valence-electron chi connectivity index (χ2n) is 6.94. The van der Waals surface area contributed by atoms with Crippen LogP contribution in [0.1, 0.15) is 6.42 Å². The van der Waals surface area contributed by atoms with E-state index in [1.165, 1.54) is 13.2 Å². The van der Waals surface area contributed by atoms with Crippen LogP contribution in [0.3, 0.4) is 0 Å². The van der Waals surface area contributed by atoms with Crippen molar-refractivity contribution < 1.29 is 23.5 Å². The summed E-state index contributed by atoms with van der Waals surface area (Å²) in [5, 5.41) is 3.54. The third-order valence-electron chi connectivity index (χ3n) is 5.06. The van der Waals surface area contributed by atoms with E-state index in [0.717, 1.165) is 0 Å². The third kappa shape index (κ3) is 3.71. The Kier molecular flexibility index (Phi) is 5.14. The maximum absolute atomic E-state index is 12.8. The monoisotopic (exact) mass is 408 g/mol. The van der Waals surface area contributed by atoms with Gasteiger partial charge in [-0.15, -0.1) is 0 Å². The number of ether oxygens (including phenoxy) is 2. The minimum Gasteiger partial charge on any atom is -0.497 e. The molecule has 1 aliphatic heterocycles. The van der Waals surface area contributed by atoms with Crippen LogP contribution in [0.5, 0.6) is 11.5 Å². The van der Waals surface area contributed by atoms with E-state index in [1.54, 1.807) is 54.5 Å². The van der Waals surface area contributed by atoms with Crippen molar-refractivity contribution in [2.75, 3.05) is 31.0 Å². The maximum atomic E-state index is 12.8. The Bertz CT molecular complexity index is 1190. The van der Waals surface area contributed by atoms with Gasteiger partial charge in [0.05, 0.1) is 25.8 Å².